The zero-order valence-corrected chi connectivity index (χ0v) is 9.43. The highest BCUT2D eigenvalue weighted by Crippen LogP contribution is 2.47. The van der Waals surface area contributed by atoms with Crippen molar-refractivity contribution in [2.75, 3.05) is 33.4 Å². The van der Waals surface area contributed by atoms with Crippen LogP contribution in [0.25, 0.3) is 0 Å². The van der Waals surface area contributed by atoms with Crippen LogP contribution in [0.2, 0.25) is 0 Å². The zero-order valence-electron chi connectivity index (χ0n) is 9.43. The predicted octanol–water partition coefficient (Wildman–Crippen LogP) is 2.00. The molecule has 0 aromatic carbocycles. The molecule has 0 aromatic rings. The Balaban J connectivity index is 1.87. The Labute approximate surface area is 89.6 Å². The van der Waals surface area contributed by atoms with Crippen molar-refractivity contribution in [3.63, 3.8) is 0 Å². The first-order valence-corrected chi connectivity index (χ1v) is 5.57. The van der Waals surface area contributed by atoms with Crippen molar-refractivity contribution in [1.82, 2.24) is 4.90 Å². The third-order valence-corrected chi connectivity index (χ3v) is 3.65. The molecule has 2 aliphatic rings. The zero-order chi connectivity index (χ0) is 11.1. The molecule has 88 valence electrons. The summed E-state index contributed by atoms with van der Waals surface area (Å²) >= 11 is 0. The van der Waals surface area contributed by atoms with E-state index in [0.29, 0.717) is 13.2 Å². The van der Waals surface area contributed by atoms with Crippen molar-refractivity contribution in [3.05, 3.63) is 0 Å². The summed E-state index contributed by atoms with van der Waals surface area (Å²) in [6.07, 6.45) is 2.24. The lowest BCUT2D eigenvalue weighted by atomic mass is 10.1. The summed E-state index contributed by atoms with van der Waals surface area (Å²) in [6, 6.07) is 0. The lowest BCUT2D eigenvalue weighted by Gasteiger charge is -2.22. The molecule has 2 rings (SSSR count). The number of likely N-dealkylation sites (tertiary alicyclic amines) is 1. The Morgan fingerprint density at radius 3 is 2.47 bits per heavy atom. The van der Waals surface area contributed by atoms with E-state index in [-0.39, 0.29) is 12.0 Å². The van der Waals surface area contributed by atoms with E-state index < -0.39 is 11.8 Å². The monoisotopic (exact) mass is 219 g/mol. The predicted molar refractivity (Wildman–Crippen MR) is 54.1 cm³/mol. The summed E-state index contributed by atoms with van der Waals surface area (Å²) in [7, 11) is 1.68. The molecule has 0 amide bonds. The molecule has 0 N–H and O–H groups in total. The van der Waals surface area contributed by atoms with Crippen molar-refractivity contribution in [1.29, 1.82) is 0 Å². The molecule has 2 fully saturated rings. The van der Waals surface area contributed by atoms with Crippen LogP contribution in [-0.2, 0) is 4.74 Å². The highest BCUT2D eigenvalue weighted by atomic mass is 19.3. The summed E-state index contributed by atoms with van der Waals surface area (Å²) in [6.45, 7) is 3.58. The van der Waals surface area contributed by atoms with E-state index in [1.807, 2.05) is 4.90 Å². The van der Waals surface area contributed by atoms with Gasteiger partial charge in [0.2, 0.25) is 0 Å². The first kappa shape index (κ1) is 11.3. The van der Waals surface area contributed by atoms with Crippen molar-refractivity contribution < 1.29 is 13.5 Å². The molecule has 0 spiro atoms. The van der Waals surface area contributed by atoms with Crippen LogP contribution < -0.4 is 0 Å². The second-order valence-electron chi connectivity index (χ2n) is 5.26. The van der Waals surface area contributed by atoms with Crippen LogP contribution >= 0.6 is 0 Å². The number of alkyl halides is 2. The fraction of sp³-hybridized carbons (Fsp3) is 1.00. The molecular formula is C11H19F2NO. The van der Waals surface area contributed by atoms with Gasteiger partial charge in [0.05, 0.1) is 13.2 Å². The quantitative estimate of drug-likeness (QED) is 0.717. The van der Waals surface area contributed by atoms with Gasteiger partial charge in [-0.15, -0.1) is 0 Å². The summed E-state index contributed by atoms with van der Waals surface area (Å²) in [5.41, 5.74) is 0.189. The third kappa shape index (κ3) is 2.31. The van der Waals surface area contributed by atoms with Gasteiger partial charge in [-0.05, 0) is 12.8 Å². The van der Waals surface area contributed by atoms with Gasteiger partial charge in [-0.2, -0.15) is 0 Å². The largest absolute Gasteiger partial charge is 0.384 e. The maximum Gasteiger partial charge on any atom is 0.264 e. The van der Waals surface area contributed by atoms with Crippen LogP contribution in [0.5, 0.6) is 0 Å². The second kappa shape index (κ2) is 3.67. The van der Waals surface area contributed by atoms with Gasteiger partial charge in [0.15, 0.2) is 0 Å². The van der Waals surface area contributed by atoms with Crippen LogP contribution in [0.4, 0.5) is 8.78 Å². The van der Waals surface area contributed by atoms with Gasteiger partial charge in [-0.3, -0.25) is 4.90 Å². The van der Waals surface area contributed by atoms with Crippen LogP contribution in [0.3, 0.4) is 0 Å². The minimum atomic E-state index is -2.50. The van der Waals surface area contributed by atoms with Crippen LogP contribution in [0, 0.1) is 11.3 Å². The van der Waals surface area contributed by atoms with Gasteiger partial charge in [-0.1, -0.05) is 6.92 Å². The summed E-state index contributed by atoms with van der Waals surface area (Å²) in [5.74, 6) is -3.00. The Morgan fingerprint density at radius 1 is 1.40 bits per heavy atom. The molecule has 4 heteroatoms. The number of ether oxygens (including phenoxy) is 1. The summed E-state index contributed by atoms with van der Waals surface area (Å²) in [5, 5.41) is 0. The molecule has 1 unspecified atom stereocenters. The van der Waals surface area contributed by atoms with Crippen molar-refractivity contribution in [2.24, 2.45) is 11.3 Å². The topological polar surface area (TPSA) is 12.5 Å². The fourth-order valence-electron chi connectivity index (χ4n) is 2.47. The average Bonchev–Trinajstić information content (AvgIpc) is 2.78. The van der Waals surface area contributed by atoms with E-state index in [0.717, 1.165) is 19.4 Å². The van der Waals surface area contributed by atoms with Crippen LogP contribution in [0.1, 0.15) is 19.8 Å². The van der Waals surface area contributed by atoms with Crippen molar-refractivity contribution in [2.45, 2.75) is 25.7 Å². The Bertz CT molecular complexity index is 241. The molecule has 1 saturated carbocycles. The standard InChI is InChI=1S/C11H19F2NO/c1-9-5-14(7-11(9,12)13)6-10(3-4-10)8-15-2/h9H,3-8H2,1-2H3. The summed E-state index contributed by atoms with van der Waals surface area (Å²) in [4.78, 5) is 1.90. The van der Waals surface area contributed by atoms with Gasteiger partial charge in [0.1, 0.15) is 0 Å². The minimum Gasteiger partial charge on any atom is -0.384 e. The molecule has 2 nitrogen and oxygen atoms in total. The van der Waals surface area contributed by atoms with E-state index >= 15 is 0 Å². The van der Waals surface area contributed by atoms with Gasteiger partial charge in [0, 0.05) is 31.5 Å². The van der Waals surface area contributed by atoms with E-state index in [9.17, 15) is 8.78 Å². The molecule has 1 atom stereocenters. The molecule has 1 aliphatic carbocycles. The molecule has 1 heterocycles. The lowest BCUT2D eigenvalue weighted by molar-refractivity contribution is -0.0225. The van der Waals surface area contributed by atoms with E-state index in [2.05, 4.69) is 0 Å². The number of halogens is 2. The van der Waals surface area contributed by atoms with E-state index in [1.54, 1.807) is 14.0 Å². The van der Waals surface area contributed by atoms with Gasteiger partial charge in [0.25, 0.3) is 5.92 Å². The Hall–Kier alpha value is -0.220. The Morgan fingerprint density at radius 2 is 2.07 bits per heavy atom. The average molecular weight is 219 g/mol. The number of hydrogen-bond acceptors (Lipinski definition) is 2. The Kier molecular flexibility index (Phi) is 2.75. The molecule has 0 bridgehead atoms. The van der Waals surface area contributed by atoms with Gasteiger partial charge in [-0.25, -0.2) is 8.78 Å². The first-order valence-electron chi connectivity index (χ1n) is 5.57. The SMILES string of the molecule is COCC1(CN2CC(C)C(F)(F)C2)CC1. The number of nitrogens with zero attached hydrogens (tertiary/aromatic N) is 1. The summed E-state index contributed by atoms with van der Waals surface area (Å²) < 4.78 is 31.7. The molecule has 0 aromatic heterocycles. The fourth-order valence-corrected chi connectivity index (χ4v) is 2.47. The smallest absolute Gasteiger partial charge is 0.264 e. The number of methoxy groups -OCH3 is 1. The van der Waals surface area contributed by atoms with E-state index in [4.69, 9.17) is 4.74 Å². The lowest BCUT2D eigenvalue weighted by Crippen LogP contribution is -2.32. The van der Waals surface area contributed by atoms with Crippen molar-refractivity contribution in [3.8, 4) is 0 Å². The highest BCUT2D eigenvalue weighted by Gasteiger charge is 2.50. The molecule has 1 aliphatic heterocycles. The van der Waals surface area contributed by atoms with Crippen LogP contribution in [0.15, 0.2) is 0 Å². The highest BCUT2D eigenvalue weighted by molar-refractivity contribution is 4.98. The van der Waals surface area contributed by atoms with Gasteiger partial charge < -0.3 is 4.74 Å². The maximum atomic E-state index is 13.3. The van der Waals surface area contributed by atoms with Crippen LogP contribution in [-0.4, -0.2) is 44.2 Å². The third-order valence-electron chi connectivity index (χ3n) is 3.65. The molecule has 1 saturated heterocycles. The molecule has 0 radical (unpaired) electrons. The van der Waals surface area contributed by atoms with Gasteiger partial charge >= 0.3 is 0 Å². The number of hydrogen-bond donors (Lipinski definition) is 0. The first-order chi connectivity index (χ1) is 6.97. The molecular weight excluding hydrogens is 200 g/mol. The second-order valence-corrected chi connectivity index (χ2v) is 5.26. The maximum absolute atomic E-state index is 13.3. The number of rotatable bonds is 4. The molecule has 15 heavy (non-hydrogen) atoms. The van der Waals surface area contributed by atoms with Crippen molar-refractivity contribution >= 4 is 0 Å². The van der Waals surface area contributed by atoms with E-state index in [1.165, 1.54) is 0 Å². The minimum absolute atomic E-state index is 0.0698. The normalized spacial score (nSPS) is 33.2.